The third-order valence-corrected chi connectivity index (χ3v) is 8.68. The zero-order chi connectivity index (χ0) is 30.4. The van der Waals surface area contributed by atoms with E-state index in [4.69, 9.17) is 9.47 Å². The Morgan fingerprint density at radius 1 is 1.05 bits per heavy atom. The van der Waals surface area contributed by atoms with Crippen LogP contribution in [-0.2, 0) is 11.3 Å². The van der Waals surface area contributed by atoms with Crippen molar-refractivity contribution in [2.24, 2.45) is 5.92 Å². The highest BCUT2D eigenvalue weighted by molar-refractivity contribution is 5.87. The molecule has 2 aromatic heterocycles. The lowest BCUT2D eigenvalue weighted by molar-refractivity contribution is 0.0579. The smallest absolute Gasteiger partial charge is 0.320 e. The third kappa shape index (κ3) is 7.56. The van der Waals surface area contributed by atoms with Crippen LogP contribution in [0.4, 0.5) is 10.6 Å². The highest BCUT2D eigenvalue weighted by Gasteiger charge is 2.31. The summed E-state index contributed by atoms with van der Waals surface area (Å²) in [5, 5.41) is 5.57. The summed E-state index contributed by atoms with van der Waals surface area (Å²) in [6.45, 7) is 17.2. The number of piperazine rings is 1. The molecule has 0 N–H and O–H groups in total. The number of fused-ring (bicyclic) bond motifs is 1. The maximum atomic E-state index is 13.4. The number of ether oxygens (including phenoxy) is 2. The lowest BCUT2D eigenvalue weighted by Gasteiger charge is -2.42. The molecule has 11 heteroatoms. The maximum Gasteiger partial charge on any atom is 0.320 e. The standard InChI is InChI=1S/C32H48N8O3/c1-6-43-27-9-7-8-26(20-27)23-40-30-28(21-35-40)29(33-24-34-30)36-14-16-38(17-15-36)31(41)37-12-10-25(11-13-37)22-39(18-19-42-5)32(2,3)4/h7-9,20-21,24-25H,6,10-19,22-23H2,1-5H3. The number of carbonyl (C=O) groups excluding carboxylic acids is 1. The number of hydrogen-bond donors (Lipinski definition) is 0. The van der Waals surface area contributed by atoms with E-state index in [9.17, 15) is 4.79 Å². The normalized spacial score (nSPS) is 16.8. The molecule has 4 heterocycles. The molecule has 234 valence electrons. The van der Waals surface area contributed by atoms with E-state index < -0.39 is 0 Å². The van der Waals surface area contributed by atoms with Crippen molar-refractivity contribution in [1.82, 2.24) is 34.4 Å². The number of likely N-dealkylation sites (tertiary alicyclic amines) is 1. The van der Waals surface area contributed by atoms with Crippen molar-refractivity contribution in [2.45, 2.75) is 52.6 Å². The van der Waals surface area contributed by atoms with Gasteiger partial charge in [-0.2, -0.15) is 5.10 Å². The summed E-state index contributed by atoms with van der Waals surface area (Å²) in [5.74, 6) is 2.34. The Bertz CT molecular complexity index is 1340. The number of benzene rings is 1. The predicted molar refractivity (Wildman–Crippen MR) is 169 cm³/mol. The average Bonchev–Trinajstić information content (AvgIpc) is 3.42. The van der Waals surface area contributed by atoms with Crippen LogP contribution >= 0.6 is 0 Å². The fourth-order valence-corrected chi connectivity index (χ4v) is 6.15. The van der Waals surface area contributed by atoms with Gasteiger partial charge in [-0.05, 0) is 64.2 Å². The molecule has 2 amide bonds. The maximum absolute atomic E-state index is 13.4. The molecule has 0 unspecified atom stereocenters. The zero-order valence-corrected chi connectivity index (χ0v) is 26.5. The molecule has 0 saturated carbocycles. The molecule has 1 aromatic carbocycles. The molecule has 3 aromatic rings. The average molecular weight is 593 g/mol. The molecule has 0 aliphatic carbocycles. The molecule has 11 nitrogen and oxygen atoms in total. The van der Waals surface area contributed by atoms with Crippen molar-refractivity contribution in [3.63, 3.8) is 0 Å². The van der Waals surface area contributed by atoms with Crippen LogP contribution in [0.5, 0.6) is 5.75 Å². The molecule has 0 atom stereocenters. The Morgan fingerprint density at radius 3 is 2.49 bits per heavy atom. The lowest BCUT2D eigenvalue weighted by atomic mass is 9.94. The fourth-order valence-electron chi connectivity index (χ4n) is 6.15. The Hall–Kier alpha value is -3.44. The van der Waals surface area contributed by atoms with Gasteiger partial charge in [-0.3, -0.25) is 4.90 Å². The largest absolute Gasteiger partial charge is 0.494 e. The number of nitrogens with zero attached hydrogens (tertiary/aromatic N) is 8. The second kappa shape index (κ2) is 13.9. The highest BCUT2D eigenvalue weighted by atomic mass is 16.5. The summed E-state index contributed by atoms with van der Waals surface area (Å²) in [6, 6.07) is 8.25. The molecule has 2 aliphatic heterocycles. The van der Waals surface area contributed by atoms with E-state index in [2.05, 4.69) is 56.6 Å². The minimum Gasteiger partial charge on any atom is -0.494 e. The number of carbonyl (C=O) groups is 1. The summed E-state index contributed by atoms with van der Waals surface area (Å²) in [6.07, 6.45) is 5.56. The van der Waals surface area contributed by atoms with Crippen LogP contribution in [-0.4, -0.2) is 119 Å². The van der Waals surface area contributed by atoms with Gasteiger partial charge in [-0.25, -0.2) is 19.4 Å². The molecule has 0 radical (unpaired) electrons. The molecular weight excluding hydrogens is 544 g/mol. The van der Waals surface area contributed by atoms with Crippen LogP contribution in [0.15, 0.2) is 36.8 Å². The van der Waals surface area contributed by atoms with Gasteiger partial charge in [0.15, 0.2) is 5.65 Å². The van der Waals surface area contributed by atoms with Crippen LogP contribution in [0, 0.1) is 5.92 Å². The van der Waals surface area contributed by atoms with Gasteiger partial charge in [-0.1, -0.05) is 12.1 Å². The Balaban J connectivity index is 1.15. The van der Waals surface area contributed by atoms with Crippen molar-refractivity contribution in [3.05, 3.63) is 42.4 Å². The first-order valence-electron chi connectivity index (χ1n) is 15.7. The number of aromatic nitrogens is 4. The van der Waals surface area contributed by atoms with Gasteiger partial charge in [0, 0.05) is 65.0 Å². The van der Waals surface area contributed by atoms with Crippen molar-refractivity contribution in [2.75, 3.05) is 77.6 Å². The highest BCUT2D eigenvalue weighted by Crippen LogP contribution is 2.26. The number of urea groups is 1. The monoisotopic (exact) mass is 592 g/mol. The van der Waals surface area contributed by atoms with Gasteiger partial charge >= 0.3 is 6.03 Å². The molecule has 0 bridgehead atoms. The predicted octanol–water partition coefficient (Wildman–Crippen LogP) is 3.97. The van der Waals surface area contributed by atoms with E-state index in [1.165, 1.54) is 0 Å². The van der Waals surface area contributed by atoms with Gasteiger partial charge in [0.05, 0.1) is 31.3 Å². The fraction of sp³-hybridized carbons (Fsp3) is 0.625. The first-order chi connectivity index (χ1) is 20.8. The van der Waals surface area contributed by atoms with Crippen LogP contribution in [0.25, 0.3) is 11.0 Å². The quantitative estimate of drug-likeness (QED) is 0.349. The van der Waals surface area contributed by atoms with Crippen molar-refractivity contribution < 1.29 is 14.3 Å². The number of rotatable bonds is 10. The Kier molecular flexibility index (Phi) is 10.0. The minimum atomic E-state index is 0.106. The van der Waals surface area contributed by atoms with E-state index in [0.717, 1.165) is 86.9 Å². The molecule has 2 aliphatic rings. The molecular formula is C32H48N8O3. The second-order valence-electron chi connectivity index (χ2n) is 12.6. The lowest BCUT2D eigenvalue weighted by Crippen LogP contribution is -2.55. The van der Waals surface area contributed by atoms with Gasteiger partial charge in [0.25, 0.3) is 0 Å². The summed E-state index contributed by atoms with van der Waals surface area (Å²) in [5.41, 5.74) is 2.01. The summed E-state index contributed by atoms with van der Waals surface area (Å²) < 4.78 is 12.9. The van der Waals surface area contributed by atoms with E-state index in [1.807, 2.05) is 40.9 Å². The number of anilines is 1. The van der Waals surface area contributed by atoms with Crippen LogP contribution in [0.3, 0.4) is 0 Å². The summed E-state index contributed by atoms with van der Waals surface area (Å²) in [7, 11) is 1.76. The van der Waals surface area contributed by atoms with E-state index in [0.29, 0.717) is 32.2 Å². The van der Waals surface area contributed by atoms with Crippen LogP contribution in [0.2, 0.25) is 0 Å². The molecule has 0 spiro atoms. The van der Waals surface area contributed by atoms with Crippen LogP contribution < -0.4 is 9.64 Å². The Morgan fingerprint density at radius 2 is 1.79 bits per heavy atom. The van der Waals surface area contributed by atoms with Crippen LogP contribution in [0.1, 0.15) is 46.1 Å². The number of hydrogen-bond acceptors (Lipinski definition) is 8. The second-order valence-corrected chi connectivity index (χ2v) is 12.6. The van der Waals surface area contributed by atoms with E-state index >= 15 is 0 Å². The first kappa shape index (κ1) is 31.0. The molecule has 2 saturated heterocycles. The van der Waals surface area contributed by atoms with Crippen molar-refractivity contribution in [1.29, 1.82) is 0 Å². The minimum absolute atomic E-state index is 0.106. The molecule has 5 rings (SSSR count). The first-order valence-corrected chi connectivity index (χ1v) is 15.7. The van der Waals surface area contributed by atoms with E-state index in [1.54, 1.807) is 13.4 Å². The SMILES string of the molecule is CCOc1cccc(Cn2ncc3c(N4CCN(C(=O)N5CCC(CN(CCOC)C(C)(C)C)CC5)CC4)ncnc32)c1. The van der Waals surface area contributed by atoms with Gasteiger partial charge in [-0.15, -0.1) is 0 Å². The van der Waals surface area contributed by atoms with Crippen molar-refractivity contribution in [3.8, 4) is 5.75 Å². The third-order valence-electron chi connectivity index (χ3n) is 8.68. The van der Waals surface area contributed by atoms with Gasteiger partial charge in [0.1, 0.15) is 17.9 Å². The zero-order valence-electron chi connectivity index (χ0n) is 26.5. The number of methoxy groups -OCH3 is 1. The van der Waals surface area contributed by atoms with Gasteiger partial charge < -0.3 is 24.2 Å². The van der Waals surface area contributed by atoms with Crippen molar-refractivity contribution >= 4 is 22.9 Å². The summed E-state index contributed by atoms with van der Waals surface area (Å²) >= 11 is 0. The van der Waals surface area contributed by atoms with Gasteiger partial charge in [0.2, 0.25) is 0 Å². The number of piperidine rings is 1. The Labute approximate surface area is 255 Å². The summed E-state index contributed by atoms with van der Waals surface area (Å²) in [4.78, 5) is 31.5. The van der Waals surface area contributed by atoms with E-state index in [-0.39, 0.29) is 11.6 Å². The molecule has 2 fully saturated rings. The molecule has 43 heavy (non-hydrogen) atoms. The number of amides is 2. The topological polar surface area (TPSA) is 92.1 Å².